The summed E-state index contributed by atoms with van der Waals surface area (Å²) in [7, 11) is 1.31. The van der Waals surface area contributed by atoms with Crippen LogP contribution in [-0.2, 0) is 4.74 Å². The van der Waals surface area contributed by atoms with Crippen LogP contribution in [0.15, 0.2) is 53.9 Å². The van der Waals surface area contributed by atoms with E-state index >= 15 is 0 Å². The third-order valence-corrected chi connectivity index (χ3v) is 5.07. The molecule has 3 rings (SSSR count). The van der Waals surface area contributed by atoms with E-state index in [1.807, 2.05) is 43.5 Å². The summed E-state index contributed by atoms with van der Waals surface area (Å²) < 4.78 is 4.78. The number of aryl methyl sites for hydroxylation is 1. The van der Waals surface area contributed by atoms with Gasteiger partial charge >= 0.3 is 12.0 Å². The number of anilines is 2. The molecule has 0 unspecified atom stereocenters. The van der Waals surface area contributed by atoms with Crippen LogP contribution in [0.25, 0.3) is 11.3 Å². The minimum Gasteiger partial charge on any atom is -0.465 e. The average molecular weight is 395 g/mol. The molecule has 3 aromatic rings. The van der Waals surface area contributed by atoms with E-state index in [1.54, 1.807) is 24.3 Å². The molecule has 1 N–H and O–H groups in total. The van der Waals surface area contributed by atoms with Crippen LogP contribution in [-0.4, -0.2) is 30.6 Å². The fourth-order valence-electron chi connectivity index (χ4n) is 2.67. The van der Waals surface area contributed by atoms with Crippen molar-refractivity contribution >= 4 is 34.2 Å². The molecule has 6 nitrogen and oxygen atoms in total. The Morgan fingerprint density at radius 2 is 1.86 bits per heavy atom. The molecule has 1 heterocycles. The van der Waals surface area contributed by atoms with Crippen molar-refractivity contribution in [3.05, 3.63) is 65.0 Å². The molecule has 0 radical (unpaired) electrons. The quantitative estimate of drug-likeness (QED) is 0.620. The topological polar surface area (TPSA) is 71.5 Å². The first-order chi connectivity index (χ1) is 13.5. The number of thiazole rings is 1. The molecular formula is C21H21N3O3S. The van der Waals surface area contributed by atoms with E-state index in [2.05, 4.69) is 10.3 Å². The average Bonchev–Trinajstić information content (AvgIpc) is 3.18. The van der Waals surface area contributed by atoms with Gasteiger partial charge in [-0.2, -0.15) is 0 Å². The first-order valence-electron chi connectivity index (χ1n) is 8.82. The smallest absolute Gasteiger partial charge is 0.339 e. The van der Waals surface area contributed by atoms with Gasteiger partial charge in [-0.15, -0.1) is 11.3 Å². The van der Waals surface area contributed by atoms with E-state index < -0.39 is 5.97 Å². The molecule has 0 aliphatic heterocycles. The van der Waals surface area contributed by atoms with Crippen molar-refractivity contribution in [2.24, 2.45) is 0 Å². The predicted molar refractivity (Wildman–Crippen MR) is 112 cm³/mol. The summed E-state index contributed by atoms with van der Waals surface area (Å²) >= 11 is 1.40. The third-order valence-electron chi connectivity index (χ3n) is 4.21. The zero-order chi connectivity index (χ0) is 20.1. The zero-order valence-corrected chi connectivity index (χ0v) is 16.7. The molecule has 0 saturated heterocycles. The van der Waals surface area contributed by atoms with Gasteiger partial charge in [0.25, 0.3) is 0 Å². The normalized spacial score (nSPS) is 10.4. The van der Waals surface area contributed by atoms with Crippen LogP contribution in [0, 0.1) is 6.92 Å². The molecule has 2 amide bonds. The molecular weight excluding hydrogens is 374 g/mol. The molecule has 28 heavy (non-hydrogen) atoms. The highest BCUT2D eigenvalue weighted by atomic mass is 32.1. The number of esters is 1. The van der Waals surface area contributed by atoms with Gasteiger partial charge in [0.15, 0.2) is 5.13 Å². The number of para-hydroxylation sites is 1. The van der Waals surface area contributed by atoms with Crippen molar-refractivity contribution in [2.75, 3.05) is 23.9 Å². The van der Waals surface area contributed by atoms with Crippen molar-refractivity contribution < 1.29 is 14.3 Å². The molecule has 144 valence electrons. The molecule has 0 fully saturated rings. The first-order valence-corrected chi connectivity index (χ1v) is 9.70. The number of rotatable bonds is 5. The fraction of sp³-hybridized carbons (Fsp3) is 0.190. The number of ether oxygens (including phenoxy) is 1. The summed E-state index contributed by atoms with van der Waals surface area (Å²) in [6.45, 7) is 4.34. The maximum atomic E-state index is 12.8. The molecule has 0 spiro atoms. The van der Waals surface area contributed by atoms with E-state index in [0.29, 0.717) is 22.9 Å². The lowest BCUT2D eigenvalue weighted by molar-refractivity contribution is 0.0602. The zero-order valence-electron chi connectivity index (χ0n) is 15.9. The second-order valence-electron chi connectivity index (χ2n) is 6.09. The Morgan fingerprint density at radius 3 is 2.54 bits per heavy atom. The molecule has 0 atom stereocenters. The standard InChI is InChI=1S/C21H21N3O3S/c1-4-24(20(26)22-17-8-6-5-7-16(17)19(25)27-3)21-23-18(13-28-21)15-11-9-14(2)10-12-15/h5-13H,4H2,1-3H3,(H,22,26). The van der Waals surface area contributed by atoms with Gasteiger partial charge in [0.1, 0.15) is 0 Å². The molecule has 0 saturated carbocycles. The highest BCUT2D eigenvalue weighted by molar-refractivity contribution is 7.14. The Balaban J connectivity index is 1.82. The summed E-state index contributed by atoms with van der Waals surface area (Å²) in [5.41, 5.74) is 3.70. The minimum atomic E-state index is -0.505. The number of nitrogens with zero attached hydrogens (tertiary/aromatic N) is 2. The van der Waals surface area contributed by atoms with Crippen molar-refractivity contribution in [1.29, 1.82) is 0 Å². The Labute approximate surface area is 167 Å². The van der Waals surface area contributed by atoms with E-state index in [1.165, 1.54) is 28.9 Å². The summed E-state index contributed by atoms with van der Waals surface area (Å²) in [5, 5.41) is 5.30. The molecule has 2 aromatic carbocycles. The SMILES string of the molecule is CCN(C(=O)Nc1ccccc1C(=O)OC)c1nc(-c2ccc(C)cc2)cs1. The third kappa shape index (κ3) is 4.20. The Hall–Kier alpha value is -3.19. The highest BCUT2D eigenvalue weighted by Crippen LogP contribution is 2.28. The van der Waals surface area contributed by atoms with Gasteiger partial charge in [0.05, 0.1) is 24.1 Å². The molecule has 0 bridgehead atoms. The summed E-state index contributed by atoms with van der Waals surface area (Å²) in [5.74, 6) is -0.505. The van der Waals surface area contributed by atoms with Crippen molar-refractivity contribution in [1.82, 2.24) is 4.98 Å². The Kier molecular flexibility index (Phi) is 6.06. The number of benzene rings is 2. The van der Waals surface area contributed by atoms with Gasteiger partial charge in [-0.1, -0.05) is 42.0 Å². The number of methoxy groups -OCH3 is 1. The summed E-state index contributed by atoms with van der Waals surface area (Å²) in [4.78, 5) is 30.9. The van der Waals surface area contributed by atoms with E-state index in [-0.39, 0.29) is 6.03 Å². The van der Waals surface area contributed by atoms with Gasteiger partial charge in [-0.05, 0) is 26.0 Å². The maximum Gasteiger partial charge on any atom is 0.339 e. The van der Waals surface area contributed by atoms with Crippen LogP contribution in [0.4, 0.5) is 15.6 Å². The molecule has 1 aromatic heterocycles. The summed E-state index contributed by atoms with van der Waals surface area (Å²) in [6, 6.07) is 14.5. The maximum absolute atomic E-state index is 12.8. The summed E-state index contributed by atoms with van der Waals surface area (Å²) in [6.07, 6.45) is 0. The van der Waals surface area contributed by atoms with Gasteiger partial charge < -0.3 is 10.1 Å². The number of urea groups is 1. The van der Waals surface area contributed by atoms with Crippen LogP contribution in [0.3, 0.4) is 0 Å². The number of hydrogen-bond donors (Lipinski definition) is 1. The lowest BCUT2D eigenvalue weighted by atomic mass is 10.1. The fourth-order valence-corrected chi connectivity index (χ4v) is 3.57. The number of hydrogen-bond acceptors (Lipinski definition) is 5. The Bertz CT molecular complexity index is 983. The number of nitrogens with one attached hydrogen (secondary N) is 1. The lowest BCUT2D eigenvalue weighted by Gasteiger charge is -2.19. The van der Waals surface area contributed by atoms with E-state index in [4.69, 9.17) is 4.74 Å². The van der Waals surface area contributed by atoms with Crippen LogP contribution >= 0.6 is 11.3 Å². The molecule has 0 aliphatic carbocycles. The monoisotopic (exact) mass is 395 g/mol. The molecule has 0 aliphatic rings. The van der Waals surface area contributed by atoms with Crippen LogP contribution in [0.2, 0.25) is 0 Å². The van der Waals surface area contributed by atoms with Crippen molar-refractivity contribution in [3.8, 4) is 11.3 Å². The van der Waals surface area contributed by atoms with Crippen molar-refractivity contribution in [2.45, 2.75) is 13.8 Å². The second-order valence-corrected chi connectivity index (χ2v) is 6.93. The van der Waals surface area contributed by atoms with Crippen LogP contribution < -0.4 is 10.2 Å². The largest absolute Gasteiger partial charge is 0.465 e. The van der Waals surface area contributed by atoms with Crippen LogP contribution in [0.5, 0.6) is 0 Å². The van der Waals surface area contributed by atoms with E-state index in [9.17, 15) is 9.59 Å². The number of amides is 2. The number of aromatic nitrogens is 1. The second kappa shape index (κ2) is 8.67. The first kappa shape index (κ1) is 19.6. The predicted octanol–water partition coefficient (Wildman–Crippen LogP) is 4.96. The van der Waals surface area contributed by atoms with Gasteiger partial charge in [0, 0.05) is 17.5 Å². The minimum absolute atomic E-state index is 0.300. The number of carbonyl (C=O) groups is 2. The van der Waals surface area contributed by atoms with Gasteiger partial charge in [0.2, 0.25) is 0 Å². The molecule has 7 heteroatoms. The Morgan fingerprint density at radius 1 is 1.14 bits per heavy atom. The van der Waals surface area contributed by atoms with E-state index in [0.717, 1.165) is 11.3 Å². The van der Waals surface area contributed by atoms with Gasteiger partial charge in [-0.25, -0.2) is 14.6 Å². The number of carbonyl (C=O) groups excluding carboxylic acids is 2. The highest BCUT2D eigenvalue weighted by Gasteiger charge is 2.20. The lowest BCUT2D eigenvalue weighted by Crippen LogP contribution is -2.35. The van der Waals surface area contributed by atoms with Gasteiger partial charge in [-0.3, -0.25) is 4.90 Å². The van der Waals surface area contributed by atoms with Crippen molar-refractivity contribution in [3.63, 3.8) is 0 Å². The van der Waals surface area contributed by atoms with Crippen LogP contribution in [0.1, 0.15) is 22.8 Å².